The van der Waals surface area contributed by atoms with Crippen molar-refractivity contribution < 1.29 is 4.39 Å². The van der Waals surface area contributed by atoms with Crippen molar-refractivity contribution in [1.29, 1.82) is 0 Å². The zero-order chi connectivity index (χ0) is 15.4. The Morgan fingerprint density at radius 2 is 2.14 bits per heavy atom. The molecule has 0 amide bonds. The van der Waals surface area contributed by atoms with Crippen LogP contribution in [0.15, 0.2) is 24.4 Å². The first-order valence-corrected chi connectivity index (χ1v) is 7.62. The highest BCUT2D eigenvalue weighted by atomic mass is 35.5. The molecule has 0 fully saturated rings. The third-order valence-electron chi connectivity index (χ3n) is 3.54. The van der Waals surface area contributed by atoms with Gasteiger partial charge in [-0.3, -0.25) is 4.68 Å². The Morgan fingerprint density at radius 3 is 2.76 bits per heavy atom. The van der Waals surface area contributed by atoms with Gasteiger partial charge in [0.1, 0.15) is 5.82 Å². The minimum atomic E-state index is -0.306. The Labute approximate surface area is 130 Å². The fourth-order valence-electron chi connectivity index (χ4n) is 2.56. The molecular weight excluding hydrogens is 289 g/mol. The Kier molecular flexibility index (Phi) is 5.37. The summed E-state index contributed by atoms with van der Waals surface area (Å²) < 4.78 is 15.0. The van der Waals surface area contributed by atoms with Crippen LogP contribution in [0.25, 0.3) is 0 Å². The van der Waals surface area contributed by atoms with Gasteiger partial charge >= 0.3 is 0 Å². The molecule has 1 aromatic carbocycles. The first-order valence-electron chi connectivity index (χ1n) is 7.24. The van der Waals surface area contributed by atoms with Gasteiger partial charge < -0.3 is 5.32 Å². The van der Waals surface area contributed by atoms with Crippen molar-refractivity contribution in [2.75, 3.05) is 6.54 Å². The van der Waals surface area contributed by atoms with E-state index in [9.17, 15) is 4.39 Å². The van der Waals surface area contributed by atoms with Crippen molar-refractivity contribution in [2.24, 2.45) is 7.05 Å². The van der Waals surface area contributed by atoms with Crippen molar-refractivity contribution in [3.63, 3.8) is 0 Å². The zero-order valence-electron chi connectivity index (χ0n) is 12.7. The second-order valence-corrected chi connectivity index (χ2v) is 5.52. The summed E-state index contributed by atoms with van der Waals surface area (Å²) >= 11 is 6.15. The van der Waals surface area contributed by atoms with Crippen LogP contribution >= 0.6 is 11.6 Å². The SMILES string of the molecule is CCNC(Cc1ccc(F)cc1Cl)c1cn(C)nc1CC. The molecule has 0 saturated heterocycles. The molecule has 1 N–H and O–H groups in total. The summed E-state index contributed by atoms with van der Waals surface area (Å²) in [7, 11) is 1.93. The first-order chi connectivity index (χ1) is 10.0. The smallest absolute Gasteiger partial charge is 0.124 e. The maximum absolute atomic E-state index is 13.2. The van der Waals surface area contributed by atoms with Gasteiger partial charge in [0.25, 0.3) is 0 Å². The topological polar surface area (TPSA) is 29.9 Å². The highest BCUT2D eigenvalue weighted by Crippen LogP contribution is 2.26. The summed E-state index contributed by atoms with van der Waals surface area (Å²) in [4.78, 5) is 0. The van der Waals surface area contributed by atoms with Crippen molar-refractivity contribution in [3.8, 4) is 0 Å². The molecule has 1 atom stereocenters. The number of hydrogen-bond acceptors (Lipinski definition) is 2. The summed E-state index contributed by atoms with van der Waals surface area (Å²) in [6.45, 7) is 5.02. The fourth-order valence-corrected chi connectivity index (χ4v) is 2.81. The maximum atomic E-state index is 13.2. The van der Waals surface area contributed by atoms with E-state index in [0.29, 0.717) is 11.4 Å². The number of aromatic nitrogens is 2. The molecule has 3 nitrogen and oxygen atoms in total. The lowest BCUT2D eigenvalue weighted by Crippen LogP contribution is -2.23. The van der Waals surface area contributed by atoms with Gasteiger partial charge in [0.15, 0.2) is 0 Å². The minimum Gasteiger partial charge on any atom is -0.310 e. The Balaban J connectivity index is 2.30. The summed E-state index contributed by atoms with van der Waals surface area (Å²) in [5.74, 6) is -0.306. The standard InChI is InChI=1S/C16H21ClFN3/c1-4-15-13(10-21(3)20-15)16(19-5-2)8-11-6-7-12(18)9-14(11)17/h6-7,9-10,16,19H,4-5,8H2,1-3H3. The Hall–Kier alpha value is -1.39. The molecule has 114 valence electrons. The number of benzene rings is 1. The van der Waals surface area contributed by atoms with Crippen LogP contribution in [0.5, 0.6) is 0 Å². The summed E-state index contributed by atoms with van der Waals surface area (Å²) in [5, 5.41) is 8.44. The van der Waals surface area contributed by atoms with E-state index in [1.807, 2.05) is 17.9 Å². The molecule has 0 spiro atoms. The van der Waals surface area contributed by atoms with Crippen LogP contribution < -0.4 is 5.32 Å². The zero-order valence-corrected chi connectivity index (χ0v) is 13.4. The minimum absolute atomic E-state index is 0.126. The van der Waals surface area contributed by atoms with E-state index in [-0.39, 0.29) is 11.9 Å². The highest BCUT2D eigenvalue weighted by Gasteiger charge is 2.18. The van der Waals surface area contributed by atoms with Crippen LogP contribution in [0, 0.1) is 5.82 Å². The maximum Gasteiger partial charge on any atom is 0.124 e. The van der Waals surface area contributed by atoms with E-state index >= 15 is 0 Å². The van der Waals surface area contributed by atoms with Gasteiger partial charge in [-0.2, -0.15) is 5.10 Å². The monoisotopic (exact) mass is 309 g/mol. The van der Waals surface area contributed by atoms with E-state index < -0.39 is 0 Å². The number of likely N-dealkylation sites (N-methyl/N-ethyl adjacent to an activating group) is 1. The number of hydrogen-bond donors (Lipinski definition) is 1. The lowest BCUT2D eigenvalue weighted by Gasteiger charge is -2.18. The van der Waals surface area contributed by atoms with Gasteiger partial charge in [-0.15, -0.1) is 0 Å². The van der Waals surface area contributed by atoms with E-state index in [0.717, 1.165) is 24.2 Å². The quantitative estimate of drug-likeness (QED) is 0.882. The normalized spacial score (nSPS) is 12.6. The van der Waals surface area contributed by atoms with Crippen molar-refractivity contribution in [1.82, 2.24) is 15.1 Å². The number of rotatable bonds is 6. The molecule has 1 aromatic heterocycles. The van der Waals surface area contributed by atoms with Crippen LogP contribution in [-0.2, 0) is 19.9 Å². The summed E-state index contributed by atoms with van der Waals surface area (Å²) in [6.07, 6.45) is 3.64. The highest BCUT2D eigenvalue weighted by molar-refractivity contribution is 6.31. The van der Waals surface area contributed by atoms with Gasteiger partial charge in [-0.1, -0.05) is 31.5 Å². The van der Waals surface area contributed by atoms with E-state index in [4.69, 9.17) is 11.6 Å². The molecule has 0 bridgehead atoms. The van der Waals surface area contributed by atoms with Gasteiger partial charge in [-0.05, 0) is 37.1 Å². The Morgan fingerprint density at radius 1 is 1.38 bits per heavy atom. The number of aryl methyl sites for hydroxylation is 2. The molecule has 2 rings (SSSR count). The van der Waals surface area contributed by atoms with Crippen molar-refractivity contribution in [2.45, 2.75) is 32.7 Å². The molecule has 0 saturated carbocycles. The van der Waals surface area contributed by atoms with Gasteiger partial charge in [0.05, 0.1) is 5.69 Å². The van der Waals surface area contributed by atoms with Crippen LogP contribution in [0.3, 0.4) is 0 Å². The summed E-state index contributed by atoms with van der Waals surface area (Å²) in [6, 6.07) is 4.70. The van der Waals surface area contributed by atoms with Crippen LogP contribution in [-0.4, -0.2) is 16.3 Å². The van der Waals surface area contributed by atoms with Gasteiger partial charge in [0, 0.05) is 29.9 Å². The van der Waals surface area contributed by atoms with Crippen LogP contribution in [0.1, 0.15) is 36.7 Å². The van der Waals surface area contributed by atoms with E-state index in [1.54, 1.807) is 6.07 Å². The predicted molar refractivity (Wildman–Crippen MR) is 84.1 cm³/mol. The Bertz CT molecular complexity index is 610. The van der Waals surface area contributed by atoms with E-state index in [2.05, 4.69) is 24.3 Å². The molecule has 0 aliphatic rings. The first kappa shape index (κ1) is 16.0. The molecule has 0 radical (unpaired) electrons. The average Bonchev–Trinajstić information content (AvgIpc) is 2.82. The summed E-state index contributed by atoms with van der Waals surface area (Å²) in [5.41, 5.74) is 3.21. The molecule has 5 heteroatoms. The number of halogens is 2. The second kappa shape index (κ2) is 7.05. The number of nitrogens with one attached hydrogen (secondary N) is 1. The molecule has 2 aromatic rings. The largest absolute Gasteiger partial charge is 0.310 e. The lowest BCUT2D eigenvalue weighted by atomic mass is 9.98. The van der Waals surface area contributed by atoms with Crippen LogP contribution in [0.4, 0.5) is 4.39 Å². The molecule has 0 aliphatic carbocycles. The molecule has 0 aliphatic heterocycles. The third kappa shape index (κ3) is 3.83. The third-order valence-corrected chi connectivity index (χ3v) is 3.89. The van der Waals surface area contributed by atoms with Crippen molar-refractivity contribution in [3.05, 3.63) is 52.1 Å². The molecular formula is C16H21ClFN3. The van der Waals surface area contributed by atoms with Gasteiger partial charge in [0.2, 0.25) is 0 Å². The van der Waals surface area contributed by atoms with Crippen molar-refractivity contribution >= 4 is 11.6 Å². The van der Waals surface area contributed by atoms with E-state index in [1.165, 1.54) is 17.7 Å². The lowest BCUT2D eigenvalue weighted by molar-refractivity contribution is 0.544. The molecule has 1 heterocycles. The van der Waals surface area contributed by atoms with Gasteiger partial charge in [-0.25, -0.2) is 4.39 Å². The average molecular weight is 310 g/mol. The number of nitrogens with zero attached hydrogens (tertiary/aromatic N) is 2. The van der Waals surface area contributed by atoms with Crippen LogP contribution in [0.2, 0.25) is 5.02 Å². The second-order valence-electron chi connectivity index (χ2n) is 5.11. The molecule has 1 unspecified atom stereocenters. The predicted octanol–water partition coefficient (Wildman–Crippen LogP) is 3.67. The molecule has 21 heavy (non-hydrogen) atoms. The fraction of sp³-hybridized carbons (Fsp3) is 0.438.